The van der Waals surface area contributed by atoms with Gasteiger partial charge in [0.05, 0.1) is 28.9 Å². The molecule has 0 unspecified atom stereocenters. The summed E-state index contributed by atoms with van der Waals surface area (Å²) >= 11 is 0. The number of nitrogens with one attached hydrogen (secondary N) is 1. The van der Waals surface area contributed by atoms with E-state index < -0.39 is 0 Å². The maximum absolute atomic E-state index is 13.2. The third-order valence-corrected chi connectivity index (χ3v) is 5.04. The SMILES string of the molecule is CCOC(=O)c1ccc(NC(=O)c2cc(-c3ccccc3C)nc3ccccc23)cc1. The van der Waals surface area contributed by atoms with Crippen molar-refractivity contribution in [3.8, 4) is 11.3 Å². The zero-order valence-corrected chi connectivity index (χ0v) is 17.4. The van der Waals surface area contributed by atoms with E-state index in [1.165, 1.54) is 0 Å². The van der Waals surface area contributed by atoms with Crippen LogP contribution in [0.3, 0.4) is 0 Å². The van der Waals surface area contributed by atoms with Crippen molar-refractivity contribution in [2.24, 2.45) is 0 Å². The lowest BCUT2D eigenvalue weighted by atomic mass is 10.0. The van der Waals surface area contributed by atoms with E-state index in [4.69, 9.17) is 9.72 Å². The zero-order valence-electron chi connectivity index (χ0n) is 17.4. The van der Waals surface area contributed by atoms with Crippen LogP contribution in [-0.2, 0) is 4.74 Å². The Hall–Kier alpha value is -3.99. The molecule has 1 aromatic heterocycles. The van der Waals surface area contributed by atoms with E-state index in [9.17, 15) is 9.59 Å². The zero-order chi connectivity index (χ0) is 21.8. The van der Waals surface area contributed by atoms with Gasteiger partial charge in [-0.2, -0.15) is 0 Å². The summed E-state index contributed by atoms with van der Waals surface area (Å²) in [5.74, 6) is -0.624. The lowest BCUT2D eigenvalue weighted by Crippen LogP contribution is -2.13. The Labute approximate surface area is 180 Å². The summed E-state index contributed by atoms with van der Waals surface area (Å²) in [5, 5.41) is 3.70. The van der Waals surface area contributed by atoms with E-state index in [2.05, 4.69) is 5.32 Å². The van der Waals surface area contributed by atoms with Crippen LogP contribution in [0.5, 0.6) is 0 Å². The molecule has 4 aromatic rings. The van der Waals surface area contributed by atoms with Crippen molar-refractivity contribution in [3.63, 3.8) is 0 Å². The molecule has 1 amide bonds. The summed E-state index contributed by atoms with van der Waals surface area (Å²) in [7, 11) is 0. The fourth-order valence-corrected chi connectivity index (χ4v) is 3.46. The van der Waals surface area contributed by atoms with Crippen LogP contribution >= 0.6 is 0 Å². The smallest absolute Gasteiger partial charge is 0.338 e. The fraction of sp³-hybridized carbons (Fsp3) is 0.115. The highest BCUT2D eigenvalue weighted by Crippen LogP contribution is 2.27. The number of aryl methyl sites for hydroxylation is 1. The second-order valence-electron chi connectivity index (χ2n) is 7.14. The number of benzene rings is 3. The number of rotatable bonds is 5. The molecule has 0 aliphatic heterocycles. The first-order chi connectivity index (χ1) is 15.1. The number of para-hydroxylation sites is 1. The van der Waals surface area contributed by atoms with Gasteiger partial charge in [-0.05, 0) is 55.8 Å². The third kappa shape index (κ3) is 4.31. The first kappa shape index (κ1) is 20.3. The predicted molar refractivity (Wildman–Crippen MR) is 122 cm³/mol. The number of ether oxygens (including phenoxy) is 1. The van der Waals surface area contributed by atoms with Crippen LogP contribution in [0.1, 0.15) is 33.2 Å². The standard InChI is InChI=1S/C26H22N2O3/c1-3-31-26(30)18-12-14-19(15-13-18)27-25(29)22-16-24(20-9-5-4-8-17(20)2)28-23-11-7-6-10-21(22)23/h4-16H,3H2,1-2H3,(H,27,29). The van der Waals surface area contributed by atoms with Gasteiger partial charge in [-0.1, -0.05) is 42.5 Å². The monoisotopic (exact) mass is 410 g/mol. The lowest BCUT2D eigenvalue weighted by Gasteiger charge is -2.12. The first-order valence-corrected chi connectivity index (χ1v) is 10.1. The number of fused-ring (bicyclic) bond motifs is 1. The fourth-order valence-electron chi connectivity index (χ4n) is 3.46. The van der Waals surface area contributed by atoms with Crippen molar-refractivity contribution >= 4 is 28.5 Å². The van der Waals surface area contributed by atoms with Gasteiger partial charge in [0.25, 0.3) is 5.91 Å². The Bertz CT molecular complexity index is 1260. The van der Waals surface area contributed by atoms with Crippen molar-refractivity contribution < 1.29 is 14.3 Å². The van der Waals surface area contributed by atoms with Gasteiger partial charge in [0, 0.05) is 16.6 Å². The minimum Gasteiger partial charge on any atom is -0.462 e. The quantitative estimate of drug-likeness (QED) is 0.432. The van der Waals surface area contributed by atoms with Gasteiger partial charge < -0.3 is 10.1 Å². The van der Waals surface area contributed by atoms with Gasteiger partial charge in [-0.3, -0.25) is 4.79 Å². The van der Waals surface area contributed by atoms with E-state index >= 15 is 0 Å². The number of pyridine rings is 1. The average Bonchev–Trinajstić information content (AvgIpc) is 2.79. The average molecular weight is 410 g/mol. The largest absolute Gasteiger partial charge is 0.462 e. The maximum Gasteiger partial charge on any atom is 0.338 e. The number of nitrogens with zero attached hydrogens (tertiary/aromatic N) is 1. The van der Waals surface area contributed by atoms with Crippen LogP contribution in [0.25, 0.3) is 22.2 Å². The summed E-state index contributed by atoms with van der Waals surface area (Å²) < 4.78 is 5.00. The van der Waals surface area contributed by atoms with Gasteiger partial charge in [-0.25, -0.2) is 9.78 Å². The van der Waals surface area contributed by atoms with Gasteiger partial charge in [0.2, 0.25) is 0 Å². The number of carbonyl (C=O) groups excluding carboxylic acids is 2. The molecule has 5 heteroatoms. The lowest BCUT2D eigenvalue weighted by molar-refractivity contribution is 0.0526. The number of anilines is 1. The van der Waals surface area contributed by atoms with E-state index in [1.54, 1.807) is 31.2 Å². The van der Waals surface area contributed by atoms with Crippen LogP contribution in [0.2, 0.25) is 0 Å². The normalized spacial score (nSPS) is 10.6. The Balaban J connectivity index is 1.69. The van der Waals surface area contributed by atoms with Crippen LogP contribution in [-0.4, -0.2) is 23.5 Å². The van der Waals surface area contributed by atoms with Crippen molar-refractivity contribution in [2.75, 3.05) is 11.9 Å². The van der Waals surface area contributed by atoms with E-state index in [0.29, 0.717) is 23.4 Å². The van der Waals surface area contributed by atoms with E-state index in [0.717, 1.165) is 27.7 Å². The molecule has 0 saturated heterocycles. The van der Waals surface area contributed by atoms with Gasteiger partial charge in [-0.15, -0.1) is 0 Å². The van der Waals surface area contributed by atoms with Crippen molar-refractivity contribution in [1.29, 1.82) is 0 Å². The molecule has 0 fully saturated rings. The van der Waals surface area contributed by atoms with Crippen LogP contribution in [0, 0.1) is 6.92 Å². The Morgan fingerprint density at radius 2 is 1.65 bits per heavy atom. The summed E-state index contributed by atoms with van der Waals surface area (Å²) in [6.07, 6.45) is 0. The van der Waals surface area contributed by atoms with Crippen molar-refractivity contribution in [2.45, 2.75) is 13.8 Å². The summed E-state index contributed by atoms with van der Waals surface area (Å²) in [5.41, 5.74) is 5.16. The molecule has 0 bridgehead atoms. The molecule has 0 saturated carbocycles. The second kappa shape index (κ2) is 8.79. The second-order valence-corrected chi connectivity index (χ2v) is 7.14. The number of amides is 1. The molecule has 0 aliphatic carbocycles. The molecular weight excluding hydrogens is 388 g/mol. The summed E-state index contributed by atoms with van der Waals surface area (Å²) in [4.78, 5) is 29.8. The molecule has 31 heavy (non-hydrogen) atoms. The molecule has 1 heterocycles. The van der Waals surface area contributed by atoms with Gasteiger partial charge in [0.1, 0.15) is 0 Å². The van der Waals surface area contributed by atoms with Crippen molar-refractivity contribution in [1.82, 2.24) is 4.98 Å². The number of aromatic nitrogens is 1. The van der Waals surface area contributed by atoms with E-state index in [1.807, 2.05) is 61.5 Å². The highest BCUT2D eigenvalue weighted by molar-refractivity contribution is 6.13. The third-order valence-electron chi connectivity index (χ3n) is 5.04. The highest BCUT2D eigenvalue weighted by atomic mass is 16.5. The van der Waals surface area contributed by atoms with Crippen molar-refractivity contribution in [3.05, 3.63) is 95.6 Å². The number of esters is 1. The topological polar surface area (TPSA) is 68.3 Å². The Morgan fingerprint density at radius 3 is 2.39 bits per heavy atom. The Morgan fingerprint density at radius 1 is 0.935 bits per heavy atom. The molecule has 4 rings (SSSR count). The predicted octanol–water partition coefficient (Wildman–Crippen LogP) is 5.64. The van der Waals surface area contributed by atoms with E-state index in [-0.39, 0.29) is 11.9 Å². The molecule has 0 atom stereocenters. The number of hydrogen-bond donors (Lipinski definition) is 1. The molecule has 154 valence electrons. The molecule has 0 spiro atoms. The Kier molecular flexibility index (Phi) is 5.76. The molecule has 0 aliphatic rings. The van der Waals surface area contributed by atoms with Crippen LogP contribution in [0.15, 0.2) is 78.9 Å². The highest BCUT2D eigenvalue weighted by Gasteiger charge is 2.15. The van der Waals surface area contributed by atoms with Gasteiger partial charge in [0.15, 0.2) is 0 Å². The minimum absolute atomic E-state index is 0.239. The van der Waals surface area contributed by atoms with Gasteiger partial charge >= 0.3 is 5.97 Å². The molecule has 1 N–H and O–H groups in total. The maximum atomic E-state index is 13.2. The molecular formula is C26H22N2O3. The molecule has 3 aromatic carbocycles. The first-order valence-electron chi connectivity index (χ1n) is 10.1. The summed E-state index contributed by atoms with van der Waals surface area (Å²) in [6, 6.07) is 24.0. The molecule has 5 nitrogen and oxygen atoms in total. The molecule has 0 radical (unpaired) electrons. The van der Waals surface area contributed by atoms with Crippen LogP contribution in [0.4, 0.5) is 5.69 Å². The number of hydrogen-bond acceptors (Lipinski definition) is 4. The van der Waals surface area contributed by atoms with Crippen LogP contribution < -0.4 is 5.32 Å². The summed E-state index contributed by atoms with van der Waals surface area (Å²) in [6.45, 7) is 4.10. The number of carbonyl (C=O) groups is 2. The minimum atomic E-state index is -0.386.